The molecule has 1 aromatic carbocycles. The first kappa shape index (κ1) is 14.1. The van der Waals surface area contributed by atoms with Crippen molar-refractivity contribution in [3.8, 4) is 0 Å². The van der Waals surface area contributed by atoms with E-state index in [0.717, 1.165) is 18.7 Å². The van der Waals surface area contributed by atoms with E-state index in [1.165, 1.54) is 11.3 Å². The molecular formula is C19H22N4O. The summed E-state index contributed by atoms with van der Waals surface area (Å²) in [4.78, 5) is 10.2. The molecule has 1 aliphatic carbocycles. The standard InChI is InChI=1S/C19H22N4O/c1-13-6-5-9-16-19(13)17-10-14-7-3-4-8-15(14)21(17)11-18-22(16)12-20-23(18)24-2/h3-8,11-13,16-17,19H,9-10H2,1-2H3. The number of fused-ring (bicyclic) bond motifs is 7. The summed E-state index contributed by atoms with van der Waals surface area (Å²) >= 11 is 0. The maximum Gasteiger partial charge on any atom is 0.177 e. The zero-order chi connectivity index (χ0) is 16.3. The molecule has 0 amide bonds. The third kappa shape index (κ3) is 1.82. The van der Waals surface area contributed by atoms with Crippen molar-refractivity contribution >= 4 is 12.0 Å². The summed E-state index contributed by atoms with van der Waals surface area (Å²) in [7, 11) is 1.67. The van der Waals surface area contributed by atoms with Gasteiger partial charge in [-0.25, -0.2) is 0 Å². The predicted molar refractivity (Wildman–Crippen MR) is 93.9 cm³/mol. The van der Waals surface area contributed by atoms with Crippen molar-refractivity contribution in [1.29, 1.82) is 0 Å². The van der Waals surface area contributed by atoms with Crippen LogP contribution in [0.15, 0.2) is 53.5 Å². The second-order valence-corrected chi connectivity index (χ2v) is 7.06. The van der Waals surface area contributed by atoms with Crippen molar-refractivity contribution in [2.45, 2.75) is 31.8 Å². The number of hydroxylamine groups is 1. The molecule has 24 heavy (non-hydrogen) atoms. The van der Waals surface area contributed by atoms with Crippen molar-refractivity contribution in [2.24, 2.45) is 16.9 Å². The average molecular weight is 322 g/mol. The van der Waals surface area contributed by atoms with Crippen molar-refractivity contribution in [3.63, 3.8) is 0 Å². The van der Waals surface area contributed by atoms with Crippen LogP contribution in [0.3, 0.4) is 0 Å². The van der Waals surface area contributed by atoms with Gasteiger partial charge in [0.05, 0.1) is 7.11 Å². The van der Waals surface area contributed by atoms with E-state index in [0.29, 0.717) is 23.9 Å². The second-order valence-electron chi connectivity index (χ2n) is 7.06. The number of hydrazone groups is 1. The molecule has 0 aromatic heterocycles. The smallest absolute Gasteiger partial charge is 0.177 e. The van der Waals surface area contributed by atoms with E-state index < -0.39 is 0 Å². The van der Waals surface area contributed by atoms with Crippen LogP contribution in [0.5, 0.6) is 0 Å². The normalized spacial score (nSPS) is 32.9. The Bertz CT molecular complexity index is 755. The summed E-state index contributed by atoms with van der Waals surface area (Å²) in [5.74, 6) is 2.11. The van der Waals surface area contributed by atoms with E-state index in [1.54, 1.807) is 12.3 Å². The lowest BCUT2D eigenvalue weighted by Gasteiger charge is -2.41. The van der Waals surface area contributed by atoms with Gasteiger partial charge in [-0.15, -0.1) is 10.3 Å². The number of rotatable bonds is 1. The Morgan fingerprint density at radius 1 is 1.17 bits per heavy atom. The number of anilines is 1. The third-order valence-electron chi connectivity index (χ3n) is 5.90. The Hall–Kier alpha value is -2.27. The molecule has 0 radical (unpaired) electrons. The van der Waals surface area contributed by atoms with Crippen LogP contribution in [0, 0.1) is 11.8 Å². The van der Waals surface area contributed by atoms with E-state index in [-0.39, 0.29) is 0 Å². The van der Waals surface area contributed by atoms with Crippen molar-refractivity contribution in [2.75, 3.05) is 12.0 Å². The van der Waals surface area contributed by atoms with Gasteiger partial charge in [-0.2, -0.15) is 0 Å². The van der Waals surface area contributed by atoms with Gasteiger partial charge in [-0.1, -0.05) is 37.3 Å². The first-order chi connectivity index (χ1) is 11.8. The highest BCUT2D eigenvalue weighted by Gasteiger charge is 2.47. The van der Waals surface area contributed by atoms with Crippen LogP contribution in [0.1, 0.15) is 18.9 Å². The minimum atomic E-state index is 0.421. The SMILES string of the molecule is CON1N=CN2C1=CN1c3ccccc3CC1C1C(C)C=CCC12. The molecule has 3 heterocycles. The molecule has 3 aliphatic heterocycles. The molecule has 0 fully saturated rings. The monoisotopic (exact) mass is 322 g/mol. The first-order valence-corrected chi connectivity index (χ1v) is 8.69. The van der Waals surface area contributed by atoms with Crippen molar-refractivity contribution < 1.29 is 4.84 Å². The molecule has 5 heteroatoms. The molecule has 124 valence electrons. The molecule has 4 aliphatic rings. The van der Waals surface area contributed by atoms with Gasteiger partial charge in [-0.05, 0) is 30.4 Å². The number of allylic oxidation sites excluding steroid dienone is 1. The molecule has 0 saturated carbocycles. The summed E-state index contributed by atoms with van der Waals surface area (Å²) in [6.45, 7) is 2.35. The third-order valence-corrected chi connectivity index (χ3v) is 5.90. The molecule has 5 nitrogen and oxygen atoms in total. The highest BCUT2D eigenvalue weighted by molar-refractivity contribution is 5.66. The highest BCUT2D eigenvalue weighted by Crippen LogP contribution is 2.45. The lowest BCUT2D eigenvalue weighted by Crippen LogP contribution is -2.48. The number of nitrogens with zero attached hydrogens (tertiary/aromatic N) is 4. The van der Waals surface area contributed by atoms with E-state index in [1.807, 2.05) is 6.34 Å². The lowest BCUT2D eigenvalue weighted by molar-refractivity contribution is -0.106. The average Bonchev–Trinajstić information content (AvgIpc) is 3.13. The van der Waals surface area contributed by atoms with Gasteiger partial charge in [0.2, 0.25) is 0 Å². The molecule has 0 spiro atoms. The minimum absolute atomic E-state index is 0.421. The molecule has 4 unspecified atom stereocenters. The summed E-state index contributed by atoms with van der Waals surface area (Å²) < 4.78 is 0. The highest BCUT2D eigenvalue weighted by atomic mass is 16.7. The summed E-state index contributed by atoms with van der Waals surface area (Å²) in [6.07, 6.45) is 11.0. The van der Waals surface area contributed by atoms with Crippen LogP contribution in [0.2, 0.25) is 0 Å². The Morgan fingerprint density at radius 3 is 2.92 bits per heavy atom. The van der Waals surface area contributed by atoms with Crippen molar-refractivity contribution in [3.05, 3.63) is 54.0 Å². The Morgan fingerprint density at radius 2 is 2.04 bits per heavy atom. The Balaban J connectivity index is 1.67. The van der Waals surface area contributed by atoms with Crippen LogP contribution >= 0.6 is 0 Å². The van der Waals surface area contributed by atoms with Gasteiger partial charge in [0, 0.05) is 29.9 Å². The lowest BCUT2D eigenvalue weighted by atomic mass is 9.75. The van der Waals surface area contributed by atoms with Crippen molar-refractivity contribution in [1.82, 2.24) is 10.1 Å². The predicted octanol–water partition coefficient (Wildman–Crippen LogP) is 2.93. The fourth-order valence-corrected chi connectivity index (χ4v) is 4.86. The molecule has 0 saturated heterocycles. The molecule has 4 atom stereocenters. The van der Waals surface area contributed by atoms with Gasteiger partial charge < -0.3 is 9.80 Å². The number of hydrogen-bond acceptors (Lipinski definition) is 5. The number of benzene rings is 1. The van der Waals surface area contributed by atoms with Gasteiger partial charge in [0.15, 0.2) is 5.82 Å². The second kappa shape index (κ2) is 5.11. The number of para-hydroxylation sites is 1. The van der Waals surface area contributed by atoms with E-state index in [9.17, 15) is 0 Å². The maximum absolute atomic E-state index is 5.46. The first-order valence-electron chi connectivity index (χ1n) is 8.69. The largest absolute Gasteiger partial charge is 0.340 e. The van der Waals surface area contributed by atoms with E-state index in [4.69, 9.17) is 4.84 Å². The topological polar surface area (TPSA) is 31.3 Å². The number of hydrogen-bond donors (Lipinski definition) is 0. The summed E-state index contributed by atoms with van der Waals surface area (Å²) in [5.41, 5.74) is 2.76. The van der Waals surface area contributed by atoms with Crippen LogP contribution in [-0.2, 0) is 11.3 Å². The van der Waals surface area contributed by atoms with Crippen LogP contribution < -0.4 is 4.90 Å². The van der Waals surface area contributed by atoms with E-state index in [2.05, 4.69) is 64.4 Å². The van der Waals surface area contributed by atoms with Crippen LogP contribution in [0.4, 0.5) is 5.69 Å². The zero-order valence-electron chi connectivity index (χ0n) is 14.0. The molecule has 5 rings (SSSR count). The fourth-order valence-electron chi connectivity index (χ4n) is 4.86. The quantitative estimate of drug-likeness (QED) is 0.744. The van der Waals surface area contributed by atoms with E-state index >= 15 is 0 Å². The molecule has 0 N–H and O–H groups in total. The van der Waals surface area contributed by atoms with Crippen LogP contribution in [0.25, 0.3) is 0 Å². The molecule has 0 bridgehead atoms. The fraction of sp³-hybridized carbons (Fsp3) is 0.421. The van der Waals surface area contributed by atoms with Crippen LogP contribution in [-0.4, -0.2) is 35.6 Å². The summed E-state index contributed by atoms with van der Waals surface area (Å²) in [6, 6.07) is 9.67. The van der Waals surface area contributed by atoms with Gasteiger partial charge in [0.1, 0.15) is 6.34 Å². The van der Waals surface area contributed by atoms with Gasteiger partial charge >= 0.3 is 0 Å². The minimum Gasteiger partial charge on any atom is -0.340 e. The zero-order valence-corrected chi connectivity index (χ0v) is 14.0. The Labute approximate surface area is 142 Å². The maximum atomic E-state index is 5.46. The van der Waals surface area contributed by atoms with Gasteiger partial charge in [0.25, 0.3) is 0 Å². The molecule has 1 aromatic rings. The van der Waals surface area contributed by atoms with Gasteiger partial charge in [-0.3, -0.25) is 4.84 Å². The Kier molecular flexibility index (Phi) is 3.00. The molecular weight excluding hydrogens is 300 g/mol. The summed E-state index contributed by atoms with van der Waals surface area (Å²) in [5, 5.41) is 6.05.